The third-order valence-corrected chi connectivity index (χ3v) is 21.7. The second-order valence-corrected chi connectivity index (χ2v) is 42.3. The van der Waals surface area contributed by atoms with Gasteiger partial charge in [0.15, 0.2) is 0 Å². The second kappa shape index (κ2) is 60.0. The summed E-state index contributed by atoms with van der Waals surface area (Å²) in [6.07, 6.45) is 13.2. The summed E-state index contributed by atoms with van der Waals surface area (Å²) >= 11 is -2.22. The molecule has 0 spiro atoms. The third-order valence-electron chi connectivity index (χ3n) is 21.7. The van der Waals surface area contributed by atoms with Gasteiger partial charge in [0, 0.05) is 127 Å². The first-order chi connectivity index (χ1) is 68.2. The molecule has 0 aliphatic heterocycles. The molecule has 0 saturated heterocycles. The van der Waals surface area contributed by atoms with Crippen molar-refractivity contribution in [2.45, 2.75) is 57.8 Å². The number of benzene rings is 16. The predicted octanol–water partition coefficient (Wildman–Crippen LogP) is 32.5. The van der Waals surface area contributed by atoms with Gasteiger partial charge < -0.3 is 40.9 Å². The molecule has 141 heavy (non-hydrogen) atoms. The Balaban J connectivity index is 0.000000202. The molecular weight excluding hydrogens is 2070 g/mol. The number of hydrogen-bond donors (Lipinski definition) is 8. The molecule has 0 heterocycles. The van der Waals surface area contributed by atoms with Crippen molar-refractivity contribution in [1.29, 1.82) is 0 Å². The second-order valence-electron chi connectivity index (χ2n) is 32.0. The summed E-state index contributed by atoms with van der Waals surface area (Å²) in [7, 11) is 39.1. The van der Waals surface area contributed by atoms with Crippen LogP contribution in [-0.2, 0) is 84.4 Å². The van der Waals surface area contributed by atoms with E-state index in [1.165, 1.54) is 0 Å². The molecule has 16 aromatic rings. The molecule has 16 aromatic carbocycles. The normalized spacial score (nSPS) is 11.2. The minimum atomic E-state index is -0.665. The summed E-state index contributed by atoms with van der Waals surface area (Å²) in [6.45, 7) is 12.1. The quantitative estimate of drug-likeness (QED) is 0.0225. The molecule has 0 bridgehead atoms. The molecule has 28 heteroatoms. The van der Waals surface area contributed by atoms with Crippen molar-refractivity contribution in [3.8, 4) is 57.1 Å². The standard InChI is InChI=1S/3C29H26N2O2.C26H20N2O2.8ClH.4Ti/c1-29(2,25-17-9-11-21(27(25)32)19-30-23-13-5-3-6-14-23)26-18-10-12-22(28(26)33)20-31-24-15-7-4-8-16-24;1-29(2,23-17-16-21(27(32)18-23)19-30-24-11-5-3-6-12-24)26-15-9-10-22(28(26)33)20-31-25-13-7-4-8-14-25;1-29(2,23-15-13-21(27(32)17-23)19-30-25-9-5-3-6-10-25)24-16-14-22(28(33)18-24)20-31-26-11-7-4-8-12-26;29-25-15-19(11-13-21(25)17-27-23-7-3-1-4-8-23)20-12-14-22(26(30)16-20)18-28-24-9-5-2-6-10-24;;;;;;;;;;;;/h3*3-20,32-33H,1-2H3;1-18,29-30H;8*1H;;;;/q;;;;;;;;;;;;4*+2/p-8. The molecule has 0 radical (unpaired) electrons. The van der Waals surface area contributed by atoms with Crippen molar-refractivity contribution < 1.29 is 109 Å². The molecule has 0 aliphatic carbocycles. The topological polar surface area (TPSA) is 261 Å². The Morgan fingerprint density at radius 3 is 0.546 bits per heavy atom. The van der Waals surface area contributed by atoms with E-state index in [-0.39, 0.29) is 46.0 Å². The van der Waals surface area contributed by atoms with E-state index in [1.807, 2.05) is 373 Å². The van der Waals surface area contributed by atoms with Crippen LogP contribution < -0.4 is 0 Å². The first-order valence-electron chi connectivity index (χ1n) is 43.4. The van der Waals surface area contributed by atoms with Gasteiger partial charge in [0.1, 0.15) is 46.0 Å². The van der Waals surface area contributed by atoms with Crippen molar-refractivity contribution in [2.24, 2.45) is 39.9 Å². The monoisotopic (exact) mass is 2170 g/mol. The fourth-order valence-electron chi connectivity index (χ4n) is 14.0. The van der Waals surface area contributed by atoms with Gasteiger partial charge in [0.05, 0.1) is 45.5 Å². The fourth-order valence-corrected chi connectivity index (χ4v) is 14.0. The van der Waals surface area contributed by atoms with E-state index >= 15 is 0 Å². The average Bonchev–Trinajstić information content (AvgIpc) is 0.771. The number of nitrogens with zero attached hydrogens (tertiary/aromatic N) is 8. The Morgan fingerprint density at radius 1 is 0.184 bits per heavy atom. The van der Waals surface area contributed by atoms with E-state index in [0.717, 1.165) is 78.9 Å². The summed E-state index contributed by atoms with van der Waals surface area (Å²) in [4.78, 5) is 35.4. The van der Waals surface area contributed by atoms with Gasteiger partial charge in [-0.1, -0.05) is 254 Å². The SMILES string of the molecule is CC(C)(c1ccc(C=Nc2ccccc2)c(O)c1)c1ccc(C=Nc2ccccc2)c(O)c1.CC(C)(c1ccc(C=Nc2ccccc2)c(O)c1)c1cccc(C=Nc2ccccc2)c1O.CC(C)(c1cccc(C=Nc2ccccc2)c1O)c1cccc(C=Nc2ccccc2)c1O.Oc1cc(-c2ccc(C=Nc3ccccc3)c(O)c2)ccc1C=Nc1ccccc1.[Cl][Ti][Cl].[Cl][Ti][Cl].[Cl][Ti][Cl].[Cl][Ti][Cl]. The minimum absolute atomic E-state index is 0.126. The molecule has 16 nitrogen and oxygen atoms in total. The van der Waals surface area contributed by atoms with E-state index in [0.29, 0.717) is 55.6 Å². The van der Waals surface area contributed by atoms with E-state index < -0.39 is 84.4 Å². The van der Waals surface area contributed by atoms with Crippen molar-refractivity contribution in [3.05, 3.63) is 466 Å². The summed E-state index contributed by atoms with van der Waals surface area (Å²) < 4.78 is 0. The zero-order valence-corrected chi connectivity index (χ0v) is 89.5. The van der Waals surface area contributed by atoms with E-state index in [4.69, 9.17) is 74.4 Å². The maximum atomic E-state index is 11.1. The summed E-state index contributed by atoms with van der Waals surface area (Å²) in [5.41, 5.74) is 16.4. The van der Waals surface area contributed by atoms with Crippen LogP contribution in [0.15, 0.2) is 428 Å². The molecule has 0 unspecified atom stereocenters. The van der Waals surface area contributed by atoms with Gasteiger partial charge in [-0.15, -0.1) is 0 Å². The maximum absolute atomic E-state index is 11.1. The van der Waals surface area contributed by atoms with Crippen LogP contribution in [0.1, 0.15) is 119 Å². The predicted molar refractivity (Wildman–Crippen MR) is 577 cm³/mol. The number of rotatable bonds is 23. The Labute approximate surface area is 890 Å². The van der Waals surface area contributed by atoms with Gasteiger partial charge in [0.25, 0.3) is 0 Å². The number of para-hydroxylation sites is 11. The van der Waals surface area contributed by atoms with Gasteiger partial charge in [-0.3, -0.25) is 39.9 Å². The van der Waals surface area contributed by atoms with Gasteiger partial charge in [-0.05, 0) is 204 Å². The number of phenols is 8. The molecule has 8 N–H and O–H groups in total. The van der Waals surface area contributed by atoms with Crippen LogP contribution in [0.3, 0.4) is 0 Å². The molecule has 0 saturated carbocycles. The third kappa shape index (κ3) is 35.8. The Bertz CT molecular complexity index is 6550. The Morgan fingerprint density at radius 2 is 0.355 bits per heavy atom. The van der Waals surface area contributed by atoms with Gasteiger partial charge >= 0.3 is 143 Å². The Hall–Kier alpha value is -11.5. The van der Waals surface area contributed by atoms with Crippen LogP contribution in [0.4, 0.5) is 45.5 Å². The molecule has 710 valence electrons. The van der Waals surface area contributed by atoms with Crippen LogP contribution >= 0.6 is 74.4 Å². The molecule has 0 amide bonds. The van der Waals surface area contributed by atoms with Gasteiger partial charge in [0.2, 0.25) is 0 Å². The van der Waals surface area contributed by atoms with Crippen LogP contribution in [0.25, 0.3) is 11.1 Å². The van der Waals surface area contributed by atoms with Crippen molar-refractivity contribution in [2.75, 3.05) is 0 Å². The fraction of sp³-hybridized carbons (Fsp3) is 0.0796. The Kier molecular flexibility index (Phi) is 48.1. The molecule has 0 aliphatic rings. The van der Waals surface area contributed by atoms with Crippen LogP contribution in [-0.4, -0.2) is 90.6 Å². The first kappa shape index (κ1) is 113. The van der Waals surface area contributed by atoms with Gasteiger partial charge in [-0.25, -0.2) is 0 Å². The number of aromatic hydroxyl groups is 8. The number of hydrogen-bond acceptors (Lipinski definition) is 16. The van der Waals surface area contributed by atoms with Crippen LogP contribution in [0.2, 0.25) is 0 Å². The van der Waals surface area contributed by atoms with Gasteiger partial charge in [-0.2, -0.15) is 0 Å². The number of halogens is 8. The number of aliphatic imine (C=N–C) groups is 8. The van der Waals surface area contributed by atoms with Crippen molar-refractivity contribution in [3.63, 3.8) is 0 Å². The zero-order valence-electron chi connectivity index (χ0n) is 77.2. The summed E-state index contributed by atoms with van der Waals surface area (Å²) in [5, 5.41) is 85.8. The average molecular weight is 2170 g/mol. The summed E-state index contributed by atoms with van der Waals surface area (Å²) in [6, 6.07) is 121. The van der Waals surface area contributed by atoms with Crippen LogP contribution in [0.5, 0.6) is 46.0 Å². The zero-order chi connectivity index (χ0) is 101. The van der Waals surface area contributed by atoms with E-state index in [1.54, 1.807) is 92.2 Å². The summed E-state index contributed by atoms with van der Waals surface area (Å²) in [5.74, 6) is 1.18. The number of phenolic OH excluding ortho intramolecular Hbond substituents is 8. The van der Waals surface area contributed by atoms with Crippen molar-refractivity contribution >= 4 is 170 Å². The van der Waals surface area contributed by atoms with Crippen molar-refractivity contribution in [1.82, 2.24) is 0 Å². The first-order valence-corrected chi connectivity index (χ1v) is 60.6. The molecule has 0 aromatic heterocycles. The molecule has 16 rings (SSSR count). The molecule has 0 fully saturated rings. The molecular formula is C113H98Cl8N8O8Ti4. The van der Waals surface area contributed by atoms with Crippen LogP contribution in [0, 0.1) is 0 Å². The van der Waals surface area contributed by atoms with E-state index in [2.05, 4.69) is 53.8 Å². The molecule has 0 atom stereocenters. The van der Waals surface area contributed by atoms with E-state index in [9.17, 15) is 40.9 Å².